The summed E-state index contributed by atoms with van der Waals surface area (Å²) in [6, 6.07) is 12.2. The van der Waals surface area contributed by atoms with Crippen molar-refractivity contribution in [2.75, 3.05) is 17.6 Å². The lowest BCUT2D eigenvalue weighted by Gasteiger charge is -2.25. The fourth-order valence-corrected chi connectivity index (χ4v) is 3.93. The van der Waals surface area contributed by atoms with Crippen LogP contribution in [0.25, 0.3) is 0 Å². The van der Waals surface area contributed by atoms with Gasteiger partial charge in [-0.1, -0.05) is 24.3 Å². The van der Waals surface area contributed by atoms with E-state index in [4.69, 9.17) is 0 Å². The van der Waals surface area contributed by atoms with Crippen LogP contribution in [-0.2, 0) is 0 Å². The van der Waals surface area contributed by atoms with Gasteiger partial charge in [-0.3, -0.25) is 0 Å². The maximum atomic E-state index is 13.5. The molecule has 1 aliphatic heterocycles. The Balaban J connectivity index is 1.80. The Bertz CT molecular complexity index is 735. The summed E-state index contributed by atoms with van der Waals surface area (Å²) in [5.74, 6) is 0.575. The van der Waals surface area contributed by atoms with Gasteiger partial charge >= 0.3 is 6.03 Å². The van der Waals surface area contributed by atoms with Gasteiger partial charge in [-0.25, -0.2) is 9.18 Å². The van der Waals surface area contributed by atoms with E-state index in [1.807, 2.05) is 38.1 Å². The zero-order valence-corrected chi connectivity index (χ0v) is 14.0. The van der Waals surface area contributed by atoms with Crippen molar-refractivity contribution in [2.24, 2.45) is 0 Å². The lowest BCUT2D eigenvalue weighted by Crippen LogP contribution is -2.34. The van der Waals surface area contributed by atoms with Crippen LogP contribution in [0.4, 0.5) is 14.9 Å². The van der Waals surface area contributed by atoms with Crippen molar-refractivity contribution >= 4 is 23.5 Å². The molecule has 1 aliphatic rings. The third kappa shape index (κ3) is 3.34. The number of aryl methyl sites for hydroxylation is 1. The summed E-state index contributed by atoms with van der Waals surface area (Å²) >= 11 is 1.66. The standard InChI is InChI=1S/C18H19FN2OS/c1-12-5-3-8-16(13(12)2)20-18(22)21-9-10-23-17(21)14-6-4-7-15(19)11-14/h3-8,11,17H,9-10H2,1-2H3,(H,20,22). The topological polar surface area (TPSA) is 32.3 Å². The van der Waals surface area contributed by atoms with E-state index in [2.05, 4.69) is 5.32 Å². The predicted octanol–water partition coefficient (Wildman–Crippen LogP) is 4.72. The molecule has 2 aromatic carbocycles. The smallest absolute Gasteiger partial charge is 0.308 e. The summed E-state index contributed by atoms with van der Waals surface area (Å²) in [7, 11) is 0. The molecule has 0 radical (unpaired) electrons. The SMILES string of the molecule is Cc1cccc(NC(=O)N2CCSC2c2cccc(F)c2)c1C. The minimum Gasteiger partial charge on any atom is -0.308 e. The van der Waals surface area contributed by atoms with Crippen LogP contribution in [-0.4, -0.2) is 23.2 Å². The van der Waals surface area contributed by atoms with Gasteiger partial charge in [0.05, 0.1) is 0 Å². The zero-order valence-electron chi connectivity index (χ0n) is 13.2. The molecule has 1 N–H and O–H groups in total. The van der Waals surface area contributed by atoms with E-state index in [0.29, 0.717) is 6.54 Å². The predicted molar refractivity (Wildman–Crippen MR) is 93.2 cm³/mol. The Morgan fingerprint density at radius 3 is 2.83 bits per heavy atom. The zero-order chi connectivity index (χ0) is 16.4. The van der Waals surface area contributed by atoms with Gasteiger partial charge in [0.1, 0.15) is 11.2 Å². The van der Waals surface area contributed by atoms with Crippen molar-refractivity contribution in [3.05, 3.63) is 65.0 Å². The van der Waals surface area contributed by atoms with Gasteiger partial charge < -0.3 is 10.2 Å². The normalized spacial score (nSPS) is 17.3. The Labute approximate surface area is 139 Å². The molecule has 1 saturated heterocycles. The Hall–Kier alpha value is -2.01. The third-order valence-corrected chi connectivity index (χ3v) is 5.39. The minimum atomic E-state index is -0.273. The number of nitrogens with one attached hydrogen (secondary N) is 1. The molecule has 1 unspecified atom stereocenters. The second-order valence-electron chi connectivity index (χ2n) is 5.65. The van der Waals surface area contributed by atoms with Crippen LogP contribution >= 0.6 is 11.8 Å². The van der Waals surface area contributed by atoms with Crippen molar-refractivity contribution in [3.8, 4) is 0 Å². The Morgan fingerprint density at radius 1 is 1.26 bits per heavy atom. The second kappa shape index (κ2) is 6.62. The van der Waals surface area contributed by atoms with Gasteiger partial charge in [0.25, 0.3) is 0 Å². The first-order valence-corrected chi connectivity index (χ1v) is 8.62. The molecule has 120 valence electrons. The number of benzene rings is 2. The monoisotopic (exact) mass is 330 g/mol. The highest BCUT2D eigenvalue weighted by molar-refractivity contribution is 7.99. The lowest BCUT2D eigenvalue weighted by atomic mass is 10.1. The molecule has 0 aliphatic carbocycles. The van der Waals surface area contributed by atoms with Crippen LogP contribution in [0.2, 0.25) is 0 Å². The molecule has 1 fully saturated rings. The first-order valence-electron chi connectivity index (χ1n) is 7.57. The van der Waals surface area contributed by atoms with E-state index in [0.717, 1.165) is 28.1 Å². The van der Waals surface area contributed by atoms with Crippen molar-refractivity contribution < 1.29 is 9.18 Å². The molecular formula is C18H19FN2OS. The maximum absolute atomic E-state index is 13.5. The van der Waals surface area contributed by atoms with Crippen LogP contribution in [0.1, 0.15) is 22.1 Å². The van der Waals surface area contributed by atoms with E-state index in [9.17, 15) is 9.18 Å². The lowest BCUT2D eigenvalue weighted by molar-refractivity contribution is 0.214. The number of urea groups is 1. The van der Waals surface area contributed by atoms with Gasteiger partial charge in [0.2, 0.25) is 0 Å². The van der Waals surface area contributed by atoms with Crippen LogP contribution in [0.15, 0.2) is 42.5 Å². The molecule has 0 spiro atoms. The van der Waals surface area contributed by atoms with Gasteiger partial charge in [0.15, 0.2) is 0 Å². The van der Waals surface area contributed by atoms with E-state index >= 15 is 0 Å². The van der Waals surface area contributed by atoms with Crippen LogP contribution < -0.4 is 5.32 Å². The molecule has 0 saturated carbocycles. The summed E-state index contributed by atoms with van der Waals surface area (Å²) in [6.45, 7) is 4.67. The highest BCUT2D eigenvalue weighted by Crippen LogP contribution is 2.38. The summed E-state index contributed by atoms with van der Waals surface area (Å²) in [5, 5.41) is 2.84. The van der Waals surface area contributed by atoms with Gasteiger partial charge in [0, 0.05) is 18.0 Å². The number of thioether (sulfide) groups is 1. The van der Waals surface area contributed by atoms with Gasteiger partial charge in [-0.05, 0) is 48.7 Å². The summed E-state index contributed by atoms with van der Waals surface area (Å²) in [4.78, 5) is 14.4. The summed E-state index contributed by atoms with van der Waals surface area (Å²) in [5.41, 5.74) is 3.85. The molecule has 0 bridgehead atoms. The third-order valence-electron chi connectivity index (χ3n) is 4.13. The van der Waals surface area contributed by atoms with Crippen molar-refractivity contribution in [1.82, 2.24) is 4.90 Å². The number of carbonyl (C=O) groups is 1. The first kappa shape index (κ1) is 15.9. The largest absolute Gasteiger partial charge is 0.323 e. The molecule has 0 aromatic heterocycles. The number of hydrogen-bond donors (Lipinski definition) is 1. The van der Waals surface area contributed by atoms with E-state index in [-0.39, 0.29) is 17.2 Å². The molecule has 23 heavy (non-hydrogen) atoms. The van der Waals surface area contributed by atoms with Crippen LogP contribution in [0, 0.1) is 19.7 Å². The highest BCUT2D eigenvalue weighted by Gasteiger charge is 2.31. The fourth-order valence-electron chi connectivity index (χ4n) is 2.69. The van der Waals surface area contributed by atoms with Gasteiger partial charge in [-0.2, -0.15) is 0 Å². The van der Waals surface area contributed by atoms with Crippen molar-refractivity contribution in [3.63, 3.8) is 0 Å². The number of halogens is 1. The van der Waals surface area contributed by atoms with Gasteiger partial charge in [-0.15, -0.1) is 11.8 Å². The Morgan fingerprint density at radius 2 is 2.04 bits per heavy atom. The quantitative estimate of drug-likeness (QED) is 0.864. The number of hydrogen-bond acceptors (Lipinski definition) is 2. The first-order chi connectivity index (χ1) is 11.1. The van der Waals surface area contributed by atoms with Crippen LogP contribution in [0.3, 0.4) is 0 Å². The average Bonchev–Trinajstić information content (AvgIpc) is 3.01. The van der Waals surface area contributed by atoms with Crippen molar-refractivity contribution in [1.29, 1.82) is 0 Å². The number of amides is 2. The molecule has 1 atom stereocenters. The molecule has 2 amide bonds. The molecule has 1 heterocycles. The number of carbonyl (C=O) groups excluding carboxylic acids is 1. The minimum absolute atomic E-state index is 0.141. The van der Waals surface area contributed by atoms with E-state index < -0.39 is 0 Å². The van der Waals surface area contributed by atoms with E-state index in [1.54, 1.807) is 22.7 Å². The molecule has 5 heteroatoms. The van der Waals surface area contributed by atoms with Crippen molar-refractivity contribution in [2.45, 2.75) is 19.2 Å². The van der Waals surface area contributed by atoms with E-state index in [1.165, 1.54) is 12.1 Å². The van der Waals surface area contributed by atoms with Crippen LogP contribution in [0.5, 0.6) is 0 Å². The second-order valence-corrected chi connectivity index (χ2v) is 6.84. The number of anilines is 1. The highest BCUT2D eigenvalue weighted by atomic mass is 32.2. The molecular weight excluding hydrogens is 311 g/mol. The fraction of sp³-hybridized carbons (Fsp3) is 0.278. The summed E-state index contributed by atoms with van der Waals surface area (Å²) in [6.07, 6.45) is 0. The average molecular weight is 330 g/mol. The maximum Gasteiger partial charge on any atom is 0.323 e. The number of rotatable bonds is 2. The molecule has 2 aromatic rings. The Kier molecular flexibility index (Phi) is 4.57. The molecule has 3 rings (SSSR count). The molecule has 3 nitrogen and oxygen atoms in total. The number of nitrogens with zero attached hydrogens (tertiary/aromatic N) is 1. The summed E-state index contributed by atoms with van der Waals surface area (Å²) < 4.78 is 13.5.